The normalized spacial score (nSPS) is 20.1. The third kappa shape index (κ3) is 6.69. The number of aryl methyl sites for hydroxylation is 1. The van der Waals surface area contributed by atoms with E-state index in [9.17, 15) is 9.59 Å². The molecule has 0 saturated carbocycles. The van der Waals surface area contributed by atoms with E-state index in [1.54, 1.807) is 12.1 Å². The Bertz CT molecular complexity index is 693. The third-order valence-electron chi connectivity index (χ3n) is 5.83. The van der Waals surface area contributed by atoms with Gasteiger partial charge < -0.3 is 21.3 Å². The second-order valence-corrected chi connectivity index (χ2v) is 8.33. The Morgan fingerprint density at radius 2 is 2.10 bits per heavy atom. The predicted molar refractivity (Wildman–Crippen MR) is 118 cm³/mol. The molecule has 1 aliphatic heterocycles. The largest absolute Gasteiger partial charge is 0.350 e. The minimum absolute atomic E-state index is 0.0204. The molecule has 0 bridgehead atoms. The van der Waals surface area contributed by atoms with Gasteiger partial charge in [0.1, 0.15) is 0 Å². The first-order chi connectivity index (χ1) is 13.9. The van der Waals surface area contributed by atoms with Crippen molar-refractivity contribution in [3.8, 4) is 0 Å². The summed E-state index contributed by atoms with van der Waals surface area (Å²) in [4.78, 5) is 27.5. The highest BCUT2D eigenvalue weighted by Crippen LogP contribution is 2.17. The summed E-state index contributed by atoms with van der Waals surface area (Å²) in [5, 5.41) is 6.98. The lowest BCUT2D eigenvalue weighted by Gasteiger charge is -2.27. The fraction of sp³-hybridized carbons (Fsp3) is 0.636. The molecule has 0 aromatic heterocycles. The van der Waals surface area contributed by atoms with Gasteiger partial charge in [0.2, 0.25) is 5.91 Å². The fourth-order valence-corrected chi connectivity index (χ4v) is 3.89. The maximum atomic E-state index is 13.0. The van der Waals surface area contributed by atoms with Crippen molar-refractivity contribution < 1.29 is 9.59 Å². The van der Waals surface area contributed by atoms with Gasteiger partial charge in [0.15, 0.2) is 0 Å². The highest BCUT2D eigenvalue weighted by molar-refractivity contribution is 6.31. The Morgan fingerprint density at radius 3 is 2.72 bits per heavy atom. The van der Waals surface area contributed by atoms with Crippen LogP contribution in [-0.4, -0.2) is 55.0 Å². The summed E-state index contributed by atoms with van der Waals surface area (Å²) in [6.45, 7) is 8.63. The van der Waals surface area contributed by atoms with Crippen molar-refractivity contribution in [3.05, 3.63) is 34.3 Å². The van der Waals surface area contributed by atoms with E-state index < -0.39 is 0 Å². The second-order valence-electron chi connectivity index (χ2n) is 7.92. The number of nitrogens with two attached hydrogens (primary N) is 1. The van der Waals surface area contributed by atoms with Crippen LogP contribution >= 0.6 is 11.6 Å². The van der Waals surface area contributed by atoms with E-state index in [-0.39, 0.29) is 23.9 Å². The number of carbonyl (C=O) groups is 2. The highest BCUT2D eigenvalue weighted by Gasteiger charge is 2.31. The van der Waals surface area contributed by atoms with Gasteiger partial charge in [-0.1, -0.05) is 44.4 Å². The predicted octanol–water partition coefficient (Wildman–Crippen LogP) is 2.72. The van der Waals surface area contributed by atoms with Gasteiger partial charge in [-0.3, -0.25) is 9.59 Å². The first-order valence-electron chi connectivity index (χ1n) is 10.7. The smallest absolute Gasteiger partial charge is 0.251 e. The Kier molecular flexibility index (Phi) is 9.40. The van der Waals surface area contributed by atoms with Crippen molar-refractivity contribution in [2.24, 2.45) is 11.7 Å². The minimum Gasteiger partial charge on any atom is -0.350 e. The maximum Gasteiger partial charge on any atom is 0.251 e. The van der Waals surface area contributed by atoms with Crippen LogP contribution < -0.4 is 16.4 Å². The molecule has 0 spiro atoms. The first-order valence-corrected chi connectivity index (χ1v) is 11.1. The molecule has 2 atom stereocenters. The topological polar surface area (TPSA) is 87.5 Å². The molecule has 1 aliphatic rings. The van der Waals surface area contributed by atoms with Crippen LogP contribution in [0.4, 0.5) is 0 Å². The van der Waals surface area contributed by atoms with Gasteiger partial charge in [0.05, 0.1) is 6.04 Å². The van der Waals surface area contributed by atoms with Gasteiger partial charge in [-0.25, -0.2) is 0 Å². The lowest BCUT2D eigenvalue weighted by molar-refractivity contribution is -0.133. The first kappa shape index (κ1) is 23.6. The van der Waals surface area contributed by atoms with Crippen molar-refractivity contribution in [1.29, 1.82) is 0 Å². The van der Waals surface area contributed by atoms with Gasteiger partial charge in [-0.2, -0.15) is 0 Å². The number of amides is 2. The Morgan fingerprint density at radius 1 is 1.38 bits per heavy atom. The number of rotatable bonds is 9. The molecule has 0 aliphatic carbocycles. The van der Waals surface area contributed by atoms with Crippen molar-refractivity contribution in [2.45, 2.75) is 58.5 Å². The molecule has 1 saturated heterocycles. The van der Waals surface area contributed by atoms with Crippen LogP contribution in [0, 0.1) is 12.8 Å². The van der Waals surface area contributed by atoms with Gasteiger partial charge >= 0.3 is 0 Å². The molecule has 6 nitrogen and oxygen atoms in total. The van der Waals surface area contributed by atoms with E-state index >= 15 is 0 Å². The molecule has 2 amide bonds. The van der Waals surface area contributed by atoms with Crippen molar-refractivity contribution in [3.63, 3.8) is 0 Å². The van der Waals surface area contributed by atoms with Crippen molar-refractivity contribution >= 4 is 23.4 Å². The molecular weight excluding hydrogens is 388 g/mol. The van der Waals surface area contributed by atoms with Crippen LogP contribution in [0.1, 0.15) is 55.5 Å². The number of hydrogen-bond acceptors (Lipinski definition) is 4. The standard InChI is InChI=1S/C22H35ClN4O2/c1-4-16(5-2)14-27-11-9-18(26-20(8-10-24)22(27)29)13-25-21(28)17-7-6-15(3)19(23)12-17/h6-7,12,16,18,20,26H,4-5,8-11,13-14,24H2,1-3H3,(H,25,28)/t18-,20-/m0/s1. The Hall–Kier alpha value is -1.63. The zero-order valence-electron chi connectivity index (χ0n) is 17.8. The van der Waals surface area contributed by atoms with Gasteiger partial charge in [-0.05, 0) is 49.9 Å². The third-order valence-corrected chi connectivity index (χ3v) is 6.23. The molecule has 1 fully saturated rings. The van der Waals surface area contributed by atoms with Crippen LogP contribution in [0.25, 0.3) is 0 Å². The van der Waals surface area contributed by atoms with Crippen LogP contribution in [0.5, 0.6) is 0 Å². The van der Waals surface area contributed by atoms with Crippen LogP contribution in [0.2, 0.25) is 5.02 Å². The van der Waals surface area contributed by atoms with E-state index in [0.717, 1.165) is 31.4 Å². The summed E-state index contributed by atoms with van der Waals surface area (Å²) in [5.74, 6) is 0.482. The summed E-state index contributed by atoms with van der Waals surface area (Å²) < 4.78 is 0. The molecule has 0 radical (unpaired) electrons. The molecule has 0 unspecified atom stereocenters. The molecule has 1 heterocycles. The van der Waals surface area contributed by atoms with E-state index in [0.29, 0.717) is 42.6 Å². The number of halogens is 1. The van der Waals surface area contributed by atoms with E-state index in [2.05, 4.69) is 24.5 Å². The summed E-state index contributed by atoms with van der Waals surface area (Å²) in [7, 11) is 0. The second kappa shape index (κ2) is 11.5. The molecule has 2 rings (SSSR count). The van der Waals surface area contributed by atoms with E-state index in [1.807, 2.05) is 17.9 Å². The SMILES string of the molecule is CCC(CC)CN1CC[C@@H](CNC(=O)c2ccc(C)c(Cl)c2)N[C@@H](CCN)C1=O. The summed E-state index contributed by atoms with van der Waals surface area (Å²) in [6, 6.07) is 5.02. The molecule has 7 heteroatoms. The average Bonchev–Trinajstić information content (AvgIpc) is 2.86. The number of benzene rings is 1. The highest BCUT2D eigenvalue weighted by atomic mass is 35.5. The fourth-order valence-electron chi connectivity index (χ4n) is 3.71. The van der Waals surface area contributed by atoms with Crippen LogP contribution in [-0.2, 0) is 4.79 Å². The van der Waals surface area contributed by atoms with Gasteiger partial charge in [-0.15, -0.1) is 0 Å². The molecule has 29 heavy (non-hydrogen) atoms. The lowest BCUT2D eigenvalue weighted by Crippen LogP contribution is -2.50. The van der Waals surface area contributed by atoms with Crippen molar-refractivity contribution in [1.82, 2.24) is 15.5 Å². The summed E-state index contributed by atoms with van der Waals surface area (Å²) >= 11 is 6.13. The maximum absolute atomic E-state index is 13.0. The molecule has 162 valence electrons. The Labute approximate surface area is 179 Å². The zero-order chi connectivity index (χ0) is 21.4. The van der Waals surface area contributed by atoms with Gasteiger partial charge in [0.25, 0.3) is 5.91 Å². The van der Waals surface area contributed by atoms with Crippen molar-refractivity contribution in [2.75, 3.05) is 26.2 Å². The molecular formula is C22H35ClN4O2. The number of carbonyl (C=O) groups excluding carboxylic acids is 2. The quantitative estimate of drug-likeness (QED) is 0.571. The van der Waals surface area contributed by atoms with E-state index in [4.69, 9.17) is 17.3 Å². The molecule has 1 aromatic rings. The molecule has 4 N–H and O–H groups in total. The average molecular weight is 423 g/mol. The number of nitrogens with one attached hydrogen (secondary N) is 2. The lowest BCUT2D eigenvalue weighted by atomic mass is 10.0. The monoisotopic (exact) mass is 422 g/mol. The zero-order valence-corrected chi connectivity index (χ0v) is 18.6. The van der Waals surface area contributed by atoms with Gasteiger partial charge in [0, 0.05) is 36.3 Å². The van der Waals surface area contributed by atoms with Crippen LogP contribution in [0.15, 0.2) is 18.2 Å². The summed E-state index contributed by atoms with van der Waals surface area (Å²) in [5.41, 5.74) is 7.23. The Balaban J connectivity index is 2.00. The van der Waals surface area contributed by atoms with E-state index in [1.165, 1.54) is 0 Å². The minimum atomic E-state index is -0.299. The molecule has 1 aromatic carbocycles. The number of hydrogen-bond donors (Lipinski definition) is 3. The number of nitrogens with zero attached hydrogens (tertiary/aromatic N) is 1. The van der Waals surface area contributed by atoms with Crippen LogP contribution in [0.3, 0.4) is 0 Å². The summed E-state index contributed by atoms with van der Waals surface area (Å²) in [6.07, 6.45) is 3.51.